The standard InChI is InChI=1S/C35H57N5O5/c1-8-15-27(32(42)40-30(24(3)9-2)33(43)37-23-29-18-13-14-21-36-29)19-20-28(22-26-16-11-10-12-17-26)39-31(41)25(4)38-34(44)45-35(5,6)7/h8,13-14,18,21,24-28,30H,1,9-12,15-17,19-20,22-23H2,2-7H3,(H,37,43)(H,38,44)(H,39,41)(H,40,42)/t24-,25+,27?,28-,30?/m1/s1. The molecule has 0 aromatic carbocycles. The van der Waals surface area contributed by atoms with Gasteiger partial charge in [0.05, 0.1) is 12.2 Å². The van der Waals surface area contributed by atoms with Crippen molar-refractivity contribution in [3.05, 3.63) is 42.7 Å². The van der Waals surface area contributed by atoms with Crippen LogP contribution in [0, 0.1) is 17.8 Å². The first-order chi connectivity index (χ1) is 21.3. The van der Waals surface area contributed by atoms with E-state index in [1.165, 1.54) is 19.3 Å². The lowest BCUT2D eigenvalue weighted by Gasteiger charge is -2.30. The largest absolute Gasteiger partial charge is 0.444 e. The Labute approximate surface area is 270 Å². The van der Waals surface area contributed by atoms with Gasteiger partial charge >= 0.3 is 6.09 Å². The molecule has 1 aromatic heterocycles. The lowest BCUT2D eigenvalue weighted by molar-refractivity contribution is -0.132. The maximum Gasteiger partial charge on any atom is 0.408 e. The van der Waals surface area contributed by atoms with Gasteiger partial charge in [-0.05, 0) is 77.3 Å². The Balaban J connectivity index is 2.08. The fourth-order valence-electron chi connectivity index (χ4n) is 5.67. The third-order valence-corrected chi connectivity index (χ3v) is 8.46. The second-order valence-electron chi connectivity index (χ2n) is 13.5. The molecular formula is C35H57N5O5. The zero-order valence-corrected chi connectivity index (χ0v) is 28.3. The van der Waals surface area contributed by atoms with Crippen LogP contribution in [0.15, 0.2) is 37.1 Å². The average molecular weight is 628 g/mol. The van der Waals surface area contributed by atoms with Crippen LogP contribution < -0.4 is 21.3 Å². The Morgan fingerprint density at radius 1 is 1.00 bits per heavy atom. The van der Waals surface area contributed by atoms with Crippen molar-refractivity contribution >= 4 is 23.8 Å². The quantitative estimate of drug-likeness (QED) is 0.167. The predicted octanol–water partition coefficient (Wildman–Crippen LogP) is 5.57. The van der Waals surface area contributed by atoms with Crippen LogP contribution in [0.3, 0.4) is 0 Å². The number of carbonyl (C=O) groups excluding carboxylic acids is 4. The highest BCUT2D eigenvalue weighted by Gasteiger charge is 2.30. The number of amides is 4. The summed E-state index contributed by atoms with van der Waals surface area (Å²) in [5, 5.41) is 11.7. The molecule has 252 valence electrons. The summed E-state index contributed by atoms with van der Waals surface area (Å²) in [7, 11) is 0. The molecule has 0 aliphatic heterocycles. The summed E-state index contributed by atoms with van der Waals surface area (Å²) in [6.07, 6.45) is 11.7. The highest BCUT2D eigenvalue weighted by molar-refractivity contribution is 5.89. The first-order valence-corrected chi connectivity index (χ1v) is 16.7. The van der Waals surface area contributed by atoms with Crippen molar-refractivity contribution in [3.8, 4) is 0 Å². The molecule has 1 saturated carbocycles. The molecule has 0 bridgehead atoms. The van der Waals surface area contributed by atoms with Crippen molar-refractivity contribution in [1.82, 2.24) is 26.3 Å². The third-order valence-electron chi connectivity index (χ3n) is 8.46. The van der Waals surface area contributed by atoms with E-state index in [2.05, 4.69) is 32.8 Å². The summed E-state index contributed by atoms with van der Waals surface area (Å²) < 4.78 is 5.31. The molecule has 0 saturated heterocycles. The summed E-state index contributed by atoms with van der Waals surface area (Å²) >= 11 is 0. The molecule has 1 heterocycles. The van der Waals surface area contributed by atoms with Gasteiger partial charge in [-0.15, -0.1) is 6.58 Å². The van der Waals surface area contributed by atoms with Gasteiger partial charge in [-0.2, -0.15) is 0 Å². The maximum absolute atomic E-state index is 13.6. The van der Waals surface area contributed by atoms with Gasteiger partial charge in [0.25, 0.3) is 0 Å². The predicted molar refractivity (Wildman–Crippen MR) is 177 cm³/mol. The van der Waals surface area contributed by atoms with Crippen molar-refractivity contribution in [3.63, 3.8) is 0 Å². The van der Waals surface area contributed by atoms with Crippen molar-refractivity contribution < 1.29 is 23.9 Å². The number of hydrogen-bond donors (Lipinski definition) is 4. The Morgan fingerprint density at radius 2 is 1.71 bits per heavy atom. The smallest absolute Gasteiger partial charge is 0.408 e. The van der Waals surface area contributed by atoms with Crippen LogP contribution in [0.1, 0.15) is 111 Å². The van der Waals surface area contributed by atoms with Gasteiger partial charge < -0.3 is 26.0 Å². The number of allylic oxidation sites excluding steroid dienone is 1. The van der Waals surface area contributed by atoms with Crippen LogP contribution >= 0.6 is 0 Å². The fraction of sp³-hybridized carbons (Fsp3) is 0.686. The molecule has 5 atom stereocenters. The van der Waals surface area contributed by atoms with E-state index in [-0.39, 0.29) is 36.2 Å². The number of carbonyl (C=O) groups is 4. The van der Waals surface area contributed by atoms with Crippen molar-refractivity contribution in [2.24, 2.45) is 17.8 Å². The molecular weight excluding hydrogens is 570 g/mol. The molecule has 1 aromatic rings. The molecule has 10 heteroatoms. The van der Waals surface area contributed by atoms with Gasteiger partial charge in [0, 0.05) is 18.2 Å². The van der Waals surface area contributed by atoms with E-state index in [4.69, 9.17) is 4.74 Å². The molecule has 4 N–H and O–H groups in total. The second-order valence-corrected chi connectivity index (χ2v) is 13.5. The second kappa shape index (κ2) is 19.2. The Morgan fingerprint density at radius 3 is 2.31 bits per heavy atom. The molecule has 1 fully saturated rings. The van der Waals surface area contributed by atoms with Gasteiger partial charge in [-0.1, -0.05) is 64.5 Å². The van der Waals surface area contributed by atoms with Crippen LogP contribution in [0.5, 0.6) is 0 Å². The minimum Gasteiger partial charge on any atom is -0.444 e. The van der Waals surface area contributed by atoms with E-state index in [0.29, 0.717) is 25.2 Å². The highest BCUT2D eigenvalue weighted by Crippen LogP contribution is 2.29. The summed E-state index contributed by atoms with van der Waals surface area (Å²) in [5.74, 6) is -0.694. The average Bonchev–Trinajstić information content (AvgIpc) is 3.00. The number of ether oxygens (including phenoxy) is 1. The van der Waals surface area contributed by atoms with E-state index in [0.717, 1.165) is 31.4 Å². The van der Waals surface area contributed by atoms with E-state index >= 15 is 0 Å². The summed E-state index contributed by atoms with van der Waals surface area (Å²) in [6.45, 7) is 15.0. The number of aromatic nitrogens is 1. The van der Waals surface area contributed by atoms with Crippen LogP contribution in [-0.2, 0) is 25.7 Å². The zero-order valence-electron chi connectivity index (χ0n) is 28.3. The van der Waals surface area contributed by atoms with Crippen LogP contribution in [-0.4, -0.2) is 52.5 Å². The topological polar surface area (TPSA) is 139 Å². The lowest BCUT2D eigenvalue weighted by Crippen LogP contribution is -2.52. The number of hydrogen-bond acceptors (Lipinski definition) is 6. The van der Waals surface area contributed by atoms with Crippen LogP contribution in [0.4, 0.5) is 4.79 Å². The number of pyridine rings is 1. The molecule has 2 rings (SSSR count). The summed E-state index contributed by atoms with van der Waals surface area (Å²) in [6, 6.07) is 3.91. The highest BCUT2D eigenvalue weighted by atomic mass is 16.6. The molecule has 45 heavy (non-hydrogen) atoms. The van der Waals surface area contributed by atoms with Gasteiger partial charge in [0.1, 0.15) is 17.7 Å². The van der Waals surface area contributed by atoms with E-state index in [1.54, 1.807) is 40.0 Å². The van der Waals surface area contributed by atoms with Crippen molar-refractivity contribution in [2.75, 3.05) is 0 Å². The van der Waals surface area contributed by atoms with Crippen LogP contribution in [0.2, 0.25) is 0 Å². The maximum atomic E-state index is 13.6. The SMILES string of the molecule is C=CCC(CC[C@H](CC1CCCCC1)NC(=O)[C@H](C)NC(=O)OC(C)(C)C)C(=O)NC(C(=O)NCc1ccccn1)[C@H](C)CC. The first kappa shape index (κ1) is 37.8. The molecule has 1 aliphatic carbocycles. The molecule has 4 amide bonds. The Kier molecular flexibility index (Phi) is 16.1. The normalized spacial score (nSPS) is 17.1. The number of alkyl carbamates (subject to hydrolysis) is 1. The lowest BCUT2D eigenvalue weighted by atomic mass is 9.83. The summed E-state index contributed by atoms with van der Waals surface area (Å²) in [4.78, 5) is 56.5. The zero-order chi connectivity index (χ0) is 33.4. The minimum absolute atomic E-state index is 0.0700. The van der Waals surface area contributed by atoms with Gasteiger partial charge in [0.2, 0.25) is 17.7 Å². The monoisotopic (exact) mass is 627 g/mol. The van der Waals surface area contributed by atoms with Crippen LogP contribution in [0.25, 0.3) is 0 Å². The molecule has 2 unspecified atom stereocenters. The Bertz CT molecular complexity index is 1080. The number of nitrogens with one attached hydrogen (secondary N) is 4. The molecule has 0 spiro atoms. The Hall–Kier alpha value is -3.43. The molecule has 10 nitrogen and oxygen atoms in total. The van der Waals surface area contributed by atoms with Gasteiger partial charge in [-0.3, -0.25) is 19.4 Å². The van der Waals surface area contributed by atoms with Gasteiger partial charge in [-0.25, -0.2) is 4.79 Å². The number of rotatable bonds is 17. The fourth-order valence-corrected chi connectivity index (χ4v) is 5.67. The van der Waals surface area contributed by atoms with E-state index < -0.39 is 29.7 Å². The summed E-state index contributed by atoms with van der Waals surface area (Å²) in [5.41, 5.74) is 0.0735. The van der Waals surface area contributed by atoms with Crippen molar-refractivity contribution in [1.29, 1.82) is 0 Å². The van der Waals surface area contributed by atoms with Crippen molar-refractivity contribution in [2.45, 2.75) is 136 Å². The third kappa shape index (κ3) is 14.5. The molecule has 0 radical (unpaired) electrons. The van der Waals surface area contributed by atoms with E-state index in [1.807, 2.05) is 32.0 Å². The number of nitrogens with zero attached hydrogens (tertiary/aromatic N) is 1. The first-order valence-electron chi connectivity index (χ1n) is 16.7. The molecule has 1 aliphatic rings. The minimum atomic E-state index is -0.776. The van der Waals surface area contributed by atoms with Gasteiger partial charge in [0.15, 0.2) is 0 Å². The van der Waals surface area contributed by atoms with E-state index in [9.17, 15) is 19.2 Å².